The van der Waals surface area contributed by atoms with E-state index in [1.54, 1.807) is 0 Å². The van der Waals surface area contributed by atoms with Crippen LogP contribution in [-0.2, 0) is 4.79 Å². The Morgan fingerprint density at radius 1 is 1.62 bits per heavy atom. The van der Waals surface area contributed by atoms with Crippen molar-refractivity contribution < 1.29 is 4.79 Å². The zero-order valence-electron chi connectivity index (χ0n) is 8.18. The first-order valence-electron chi connectivity index (χ1n) is 5.03. The van der Waals surface area contributed by atoms with E-state index in [2.05, 4.69) is 19.6 Å². The van der Waals surface area contributed by atoms with E-state index in [1.807, 2.05) is 6.08 Å². The molecule has 70 valence electrons. The molecule has 1 heteroatoms. The van der Waals surface area contributed by atoms with Gasteiger partial charge in [0.1, 0.15) is 5.78 Å². The maximum Gasteiger partial charge on any atom is 0.142 e. The number of Topliss-reactive ketones (excluding diaryl/α,β-unsaturated/α-hetero) is 1. The second kappa shape index (κ2) is 2.83. The minimum Gasteiger partial charge on any atom is -0.299 e. The van der Waals surface area contributed by atoms with Crippen molar-refractivity contribution in [2.75, 3.05) is 0 Å². The second-order valence-corrected chi connectivity index (χ2v) is 4.49. The van der Waals surface area contributed by atoms with Crippen molar-refractivity contribution in [2.24, 2.45) is 11.3 Å². The van der Waals surface area contributed by atoms with Crippen molar-refractivity contribution in [3.05, 3.63) is 24.3 Å². The Morgan fingerprint density at radius 2 is 2.38 bits per heavy atom. The predicted molar refractivity (Wildman–Crippen MR) is 53.4 cm³/mol. The third-order valence-electron chi connectivity index (χ3n) is 3.58. The van der Waals surface area contributed by atoms with Gasteiger partial charge in [0, 0.05) is 11.8 Å². The van der Waals surface area contributed by atoms with Gasteiger partial charge in [0.05, 0.1) is 0 Å². The van der Waals surface area contributed by atoms with Gasteiger partial charge in [-0.2, -0.15) is 0 Å². The second-order valence-electron chi connectivity index (χ2n) is 4.49. The predicted octanol–water partition coefficient (Wildman–Crippen LogP) is 2.88. The quantitative estimate of drug-likeness (QED) is 0.554. The Kier molecular flexibility index (Phi) is 1.90. The van der Waals surface area contributed by atoms with E-state index in [4.69, 9.17) is 0 Å². The Balaban J connectivity index is 2.35. The van der Waals surface area contributed by atoms with Gasteiger partial charge in [-0.25, -0.2) is 0 Å². The van der Waals surface area contributed by atoms with Crippen LogP contribution in [-0.4, -0.2) is 5.78 Å². The Labute approximate surface area is 79.5 Å². The molecule has 2 unspecified atom stereocenters. The van der Waals surface area contributed by atoms with Gasteiger partial charge in [0.25, 0.3) is 0 Å². The molecule has 0 aromatic heterocycles. The number of rotatable bonds is 0. The maximum absolute atomic E-state index is 11.8. The van der Waals surface area contributed by atoms with Crippen molar-refractivity contribution in [3.8, 4) is 0 Å². The summed E-state index contributed by atoms with van der Waals surface area (Å²) in [5.41, 5.74) is 1.01. The summed E-state index contributed by atoms with van der Waals surface area (Å²) >= 11 is 0. The third-order valence-corrected chi connectivity index (χ3v) is 3.58. The molecule has 1 nitrogen and oxygen atoms in total. The van der Waals surface area contributed by atoms with Crippen LogP contribution in [0.3, 0.4) is 0 Å². The van der Waals surface area contributed by atoms with Crippen LogP contribution < -0.4 is 0 Å². The summed E-state index contributed by atoms with van der Waals surface area (Å²) in [6.45, 7) is 6.05. The fourth-order valence-electron chi connectivity index (χ4n) is 2.52. The van der Waals surface area contributed by atoms with Gasteiger partial charge in [-0.05, 0) is 32.1 Å². The average molecular weight is 176 g/mol. The highest BCUT2D eigenvalue weighted by Gasteiger charge is 2.42. The first-order chi connectivity index (χ1) is 6.13. The molecule has 0 N–H and O–H groups in total. The van der Waals surface area contributed by atoms with Gasteiger partial charge in [0.2, 0.25) is 0 Å². The molecular formula is C12H16O. The molecule has 1 saturated carbocycles. The van der Waals surface area contributed by atoms with Crippen LogP contribution in [0.1, 0.15) is 32.6 Å². The molecule has 0 aliphatic heterocycles. The molecule has 2 aliphatic carbocycles. The average Bonchev–Trinajstić information content (AvgIpc) is 2.09. The maximum atomic E-state index is 11.8. The van der Waals surface area contributed by atoms with E-state index < -0.39 is 0 Å². The van der Waals surface area contributed by atoms with Gasteiger partial charge >= 0.3 is 0 Å². The van der Waals surface area contributed by atoms with Crippen molar-refractivity contribution in [2.45, 2.75) is 32.6 Å². The Hall–Kier alpha value is -0.850. The van der Waals surface area contributed by atoms with Crippen LogP contribution >= 0.6 is 0 Å². The number of hydrogen-bond donors (Lipinski definition) is 0. The summed E-state index contributed by atoms with van der Waals surface area (Å²) < 4.78 is 0. The van der Waals surface area contributed by atoms with Crippen molar-refractivity contribution >= 4 is 5.78 Å². The highest BCUT2D eigenvalue weighted by atomic mass is 16.1. The topological polar surface area (TPSA) is 17.1 Å². The molecule has 0 aromatic rings. The van der Waals surface area contributed by atoms with E-state index in [1.165, 1.54) is 12.0 Å². The smallest absolute Gasteiger partial charge is 0.142 e. The minimum atomic E-state index is -0.167. The molecule has 0 spiro atoms. The Morgan fingerprint density at radius 3 is 3.15 bits per heavy atom. The van der Waals surface area contributed by atoms with Crippen molar-refractivity contribution in [1.82, 2.24) is 0 Å². The number of ketones is 1. The summed E-state index contributed by atoms with van der Waals surface area (Å²) in [4.78, 5) is 11.8. The lowest BCUT2D eigenvalue weighted by atomic mass is 9.62. The van der Waals surface area contributed by atoms with Gasteiger partial charge in [0.15, 0.2) is 0 Å². The fraction of sp³-hybridized carbons (Fsp3) is 0.583. The molecule has 0 aromatic carbocycles. The van der Waals surface area contributed by atoms with Crippen LogP contribution in [0.4, 0.5) is 0 Å². The SMILES string of the molecule is C=C1C=CC2(C)C(=O)CCCC2C1. The normalized spacial score (nSPS) is 39.0. The van der Waals surface area contributed by atoms with E-state index in [0.29, 0.717) is 11.7 Å². The third kappa shape index (κ3) is 1.27. The fourth-order valence-corrected chi connectivity index (χ4v) is 2.52. The summed E-state index contributed by atoms with van der Waals surface area (Å²) in [5.74, 6) is 0.943. The van der Waals surface area contributed by atoms with E-state index >= 15 is 0 Å². The van der Waals surface area contributed by atoms with E-state index in [-0.39, 0.29) is 5.41 Å². The number of carbonyl (C=O) groups excluding carboxylic acids is 1. The number of hydrogen-bond acceptors (Lipinski definition) is 1. The highest BCUT2D eigenvalue weighted by molar-refractivity contribution is 5.87. The van der Waals surface area contributed by atoms with Gasteiger partial charge in [-0.3, -0.25) is 4.79 Å². The standard InChI is InChI=1S/C12H16O/c1-9-6-7-12(2)10(8-9)4-3-5-11(12)13/h6-7,10H,1,3-5,8H2,2H3. The lowest BCUT2D eigenvalue weighted by molar-refractivity contribution is -0.130. The van der Waals surface area contributed by atoms with Gasteiger partial charge in [-0.15, -0.1) is 0 Å². The zero-order chi connectivity index (χ0) is 9.47. The molecule has 2 rings (SSSR count). The molecule has 13 heavy (non-hydrogen) atoms. The molecule has 0 bridgehead atoms. The van der Waals surface area contributed by atoms with Crippen LogP contribution in [0.2, 0.25) is 0 Å². The minimum absolute atomic E-state index is 0.167. The summed E-state index contributed by atoms with van der Waals surface area (Å²) in [7, 11) is 0. The van der Waals surface area contributed by atoms with Crippen molar-refractivity contribution in [1.29, 1.82) is 0 Å². The highest BCUT2D eigenvalue weighted by Crippen LogP contribution is 2.45. The lowest BCUT2D eigenvalue weighted by Gasteiger charge is -2.40. The number of fused-ring (bicyclic) bond motifs is 1. The summed E-state index contributed by atoms with van der Waals surface area (Å²) in [5, 5.41) is 0. The molecule has 0 heterocycles. The largest absolute Gasteiger partial charge is 0.299 e. The first kappa shape index (κ1) is 8.74. The Bertz CT molecular complexity index is 287. The van der Waals surface area contributed by atoms with Crippen LogP contribution in [0, 0.1) is 11.3 Å². The molecule has 0 radical (unpaired) electrons. The van der Waals surface area contributed by atoms with Crippen molar-refractivity contribution in [3.63, 3.8) is 0 Å². The molecule has 0 saturated heterocycles. The van der Waals surface area contributed by atoms with E-state index in [9.17, 15) is 4.79 Å². The summed E-state index contributed by atoms with van der Waals surface area (Å²) in [6, 6.07) is 0. The van der Waals surface area contributed by atoms with Crippen LogP contribution in [0.5, 0.6) is 0 Å². The van der Waals surface area contributed by atoms with Gasteiger partial charge in [-0.1, -0.05) is 24.3 Å². The molecule has 0 amide bonds. The van der Waals surface area contributed by atoms with Crippen LogP contribution in [0.25, 0.3) is 0 Å². The number of carbonyl (C=O) groups is 1. The first-order valence-corrected chi connectivity index (χ1v) is 5.03. The summed E-state index contributed by atoms with van der Waals surface area (Å²) in [6.07, 6.45) is 8.14. The van der Waals surface area contributed by atoms with Gasteiger partial charge < -0.3 is 0 Å². The molecule has 2 atom stereocenters. The zero-order valence-corrected chi connectivity index (χ0v) is 8.18. The van der Waals surface area contributed by atoms with Crippen LogP contribution in [0.15, 0.2) is 24.3 Å². The molecular weight excluding hydrogens is 160 g/mol. The molecule has 2 aliphatic rings. The monoisotopic (exact) mass is 176 g/mol. The molecule has 1 fully saturated rings. The number of allylic oxidation sites excluding steroid dienone is 3. The lowest BCUT2D eigenvalue weighted by Crippen LogP contribution is -2.39. The van der Waals surface area contributed by atoms with E-state index in [0.717, 1.165) is 19.3 Å².